The van der Waals surface area contributed by atoms with Crippen LogP contribution in [0.2, 0.25) is 0 Å². The van der Waals surface area contributed by atoms with Crippen molar-refractivity contribution in [3.63, 3.8) is 0 Å². The third-order valence-electron chi connectivity index (χ3n) is 4.10. The number of nitrogens with one attached hydrogen (secondary N) is 1. The molecule has 132 valence electrons. The molecule has 2 N–H and O–H groups in total. The average molecular weight is 367 g/mol. The number of carboxylic acids is 1. The molecule has 1 aliphatic rings. The van der Waals surface area contributed by atoms with Crippen LogP contribution in [-0.2, 0) is 17.6 Å². The van der Waals surface area contributed by atoms with Crippen molar-refractivity contribution >= 4 is 29.3 Å². The number of aromatic carboxylic acids is 1. The summed E-state index contributed by atoms with van der Waals surface area (Å²) in [6, 6.07) is 10.2. The van der Waals surface area contributed by atoms with Gasteiger partial charge in [0.1, 0.15) is 11.1 Å². The largest absolute Gasteiger partial charge is 0.478 e. The maximum absolute atomic E-state index is 12.1. The molecule has 2 aromatic rings. The van der Waals surface area contributed by atoms with Crippen molar-refractivity contribution in [2.75, 3.05) is 11.1 Å². The lowest BCUT2D eigenvalue weighted by molar-refractivity contribution is -0.115. The van der Waals surface area contributed by atoms with Crippen molar-refractivity contribution in [2.24, 2.45) is 0 Å². The molecule has 0 fully saturated rings. The van der Waals surface area contributed by atoms with Crippen LogP contribution in [0.1, 0.15) is 40.0 Å². The quantitative estimate of drug-likeness (QED) is 0.760. The summed E-state index contributed by atoms with van der Waals surface area (Å²) < 4.78 is 0. The first kappa shape index (κ1) is 18.0. The number of fused-ring (bicyclic) bond motifs is 1. The standard InChI is InChI=1S/C19H17N3O3S/c20-11-14-9-12-3-2-6-16(12)22-18(14)26-8-7-17(23)21-15-5-1-4-13(10-15)19(24)25/h1,4-5,9-10H,2-3,6-8H2,(H,21,23)(H,24,25). The summed E-state index contributed by atoms with van der Waals surface area (Å²) in [5.41, 5.74) is 3.35. The number of anilines is 1. The van der Waals surface area contributed by atoms with Crippen LogP contribution in [0.15, 0.2) is 35.4 Å². The Balaban J connectivity index is 1.57. The molecule has 0 atom stereocenters. The second kappa shape index (κ2) is 8.02. The van der Waals surface area contributed by atoms with Gasteiger partial charge in [-0.15, -0.1) is 11.8 Å². The Labute approximate surface area is 155 Å². The average Bonchev–Trinajstić information content (AvgIpc) is 3.08. The Morgan fingerprint density at radius 3 is 2.92 bits per heavy atom. The van der Waals surface area contributed by atoms with E-state index in [1.165, 1.54) is 23.9 Å². The summed E-state index contributed by atoms with van der Waals surface area (Å²) in [4.78, 5) is 27.6. The topological polar surface area (TPSA) is 103 Å². The zero-order chi connectivity index (χ0) is 18.5. The minimum absolute atomic E-state index is 0.123. The van der Waals surface area contributed by atoms with Gasteiger partial charge in [0.05, 0.1) is 11.1 Å². The molecule has 0 radical (unpaired) electrons. The van der Waals surface area contributed by atoms with Crippen molar-refractivity contribution in [3.05, 3.63) is 52.7 Å². The second-order valence-corrected chi connectivity index (χ2v) is 7.03. The number of aromatic nitrogens is 1. The fourth-order valence-corrected chi connectivity index (χ4v) is 3.75. The molecule has 0 aliphatic heterocycles. The monoisotopic (exact) mass is 367 g/mol. The number of carboxylic acid groups (broad SMARTS) is 1. The number of amides is 1. The minimum Gasteiger partial charge on any atom is -0.478 e. The minimum atomic E-state index is -1.04. The lowest BCUT2D eigenvalue weighted by Gasteiger charge is -2.08. The molecule has 6 nitrogen and oxygen atoms in total. The summed E-state index contributed by atoms with van der Waals surface area (Å²) in [5.74, 6) is -0.756. The van der Waals surface area contributed by atoms with Gasteiger partial charge < -0.3 is 10.4 Å². The van der Waals surface area contributed by atoms with Crippen LogP contribution in [0.4, 0.5) is 5.69 Å². The molecule has 7 heteroatoms. The fraction of sp³-hybridized carbons (Fsp3) is 0.263. The molecule has 0 saturated heterocycles. The van der Waals surface area contributed by atoms with E-state index in [-0.39, 0.29) is 17.9 Å². The number of rotatable bonds is 6. The number of carbonyl (C=O) groups excluding carboxylic acids is 1. The van der Waals surface area contributed by atoms with Gasteiger partial charge >= 0.3 is 5.97 Å². The van der Waals surface area contributed by atoms with E-state index in [4.69, 9.17) is 5.11 Å². The van der Waals surface area contributed by atoms with Gasteiger partial charge in [-0.25, -0.2) is 9.78 Å². The lowest BCUT2D eigenvalue weighted by atomic mass is 10.2. The van der Waals surface area contributed by atoms with Crippen molar-refractivity contribution in [1.82, 2.24) is 4.98 Å². The molecule has 0 unspecified atom stereocenters. The fourth-order valence-electron chi connectivity index (χ4n) is 2.84. The highest BCUT2D eigenvalue weighted by atomic mass is 32.2. The van der Waals surface area contributed by atoms with E-state index >= 15 is 0 Å². The highest BCUT2D eigenvalue weighted by molar-refractivity contribution is 7.99. The van der Waals surface area contributed by atoms with Crippen LogP contribution in [0.3, 0.4) is 0 Å². The van der Waals surface area contributed by atoms with Crippen LogP contribution < -0.4 is 5.32 Å². The van der Waals surface area contributed by atoms with Gasteiger partial charge in [-0.3, -0.25) is 4.79 Å². The van der Waals surface area contributed by atoms with Crippen molar-refractivity contribution in [3.8, 4) is 6.07 Å². The van der Waals surface area contributed by atoms with Crippen LogP contribution in [0.25, 0.3) is 0 Å². The van der Waals surface area contributed by atoms with Crippen LogP contribution in [-0.4, -0.2) is 27.7 Å². The van der Waals surface area contributed by atoms with E-state index in [1.54, 1.807) is 12.1 Å². The zero-order valence-corrected chi connectivity index (χ0v) is 14.8. The summed E-state index contributed by atoms with van der Waals surface area (Å²) in [5, 5.41) is 21.6. The molecule has 3 rings (SSSR count). The lowest BCUT2D eigenvalue weighted by Crippen LogP contribution is -2.12. The van der Waals surface area contributed by atoms with E-state index in [9.17, 15) is 14.9 Å². The SMILES string of the molecule is N#Cc1cc2c(nc1SCCC(=O)Nc1cccc(C(=O)O)c1)CCC2. The van der Waals surface area contributed by atoms with E-state index in [1.807, 2.05) is 6.07 Å². The van der Waals surface area contributed by atoms with Crippen molar-refractivity contribution < 1.29 is 14.7 Å². The first-order valence-corrected chi connectivity index (χ1v) is 9.24. The Hall–Kier alpha value is -2.85. The van der Waals surface area contributed by atoms with Gasteiger partial charge in [-0.2, -0.15) is 5.26 Å². The number of nitriles is 1. The van der Waals surface area contributed by atoms with Gasteiger partial charge in [-0.05, 0) is 49.1 Å². The molecule has 0 saturated carbocycles. The molecule has 1 aromatic carbocycles. The Bertz CT molecular complexity index is 905. The normalized spacial score (nSPS) is 12.3. The number of hydrogen-bond donors (Lipinski definition) is 2. The Morgan fingerprint density at radius 1 is 1.31 bits per heavy atom. The number of carbonyl (C=O) groups is 2. The summed E-state index contributed by atoms with van der Waals surface area (Å²) in [6.45, 7) is 0. The van der Waals surface area contributed by atoms with Crippen LogP contribution in [0.5, 0.6) is 0 Å². The van der Waals surface area contributed by atoms with E-state index in [0.717, 1.165) is 30.5 Å². The molecule has 0 spiro atoms. The number of thioether (sulfide) groups is 1. The number of hydrogen-bond acceptors (Lipinski definition) is 5. The smallest absolute Gasteiger partial charge is 0.335 e. The maximum Gasteiger partial charge on any atom is 0.335 e. The Kier molecular flexibility index (Phi) is 5.54. The van der Waals surface area contributed by atoms with Crippen LogP contribution >= 0.6 is 11.8 Å². The first-order valence-electron chi connectivity index (χ1n) is 8.25. The van der Waals surface area contributed by atoms with Gasteiger partial charge in [-0.1, -0.05) is 6.07 Å². The number of pyridine rings is 1. The third kappa shape index (κ3) is 4.21. The van der Waals surface area contributed by atoms with Gasteiger partial charge in [0, 0.05) is 23.6 Å². The molecule has 26 heavy (non-hydrogen) atoms. The molecule has 0 bridgehead atoms. The predicted octanol–water partition coefficient (Wildman–Crippen LogP) is 3.26. The Morgan fingerprint density at radius 2 is 2.15 bits per heavy atom. The second-order valence-electron chi connectivity index (χ2n) is 5.94. The van der Waals surface area contributed by atoms with Gasteiger partial charge in [0.25, 0.3) is 0 Å². The molecule has 1 heterocycles. The number of aryl methyl sites for hydroxylation is 2. The summed E-state index contributed by atoms with van der Waals surface area (Å²) in [6.07, 6.45) is 3.22. The van der Waals surface area contributed by atoms with E-state index in [0.29, 0.717) is 22.0 Å². The van der Waals surface area contributed by atoms with Crippen LogP contribution in [0, 0.1) is 11.3 Å². The summed E-state index contributed by atoms with van der Waals surface area (Å²) >= 11 is 1.40. The molecular formula is C19H17N3O3S. The van der Waals surface area contributed by atoms with Gasteiger partial charge in [0.15, 0.2) is 0 Å². The zero-order valence-electron chi connectivity index (χ0n) is 14.0. The third-order valence-corrected chi connectivity index (χ3v) is 5.09. The van der Waals surface area contributed by atoms with E-state index < -0.39 is 5.97 Å². The van der Waals surface area contributed by atoms with Gasteiger partial charge in [0.2, 0.25) is 5.91 Å². The first-order chi connectivity index (χ1) is 12.6. The highest BCUT2D eigenvalue weighted by Gasteiger charge is 2.17. The maximum atomic E-state index is 12.1. The molecule has 1 amide bonds. The predicted molar refractivity (Wildman–Crippen MR) is 98.3 cm³/mol. The highest BCUT2D eigenvalue weighted by Crippen LogP contribution is 2.28. The number of benzene rings is 1. The van der Waals surface area contributed by atoms with E-state index in [2.05, 4.69) is 16.4 Å². The number of nitrogens with zero attached hydrogens (tertiary/aromatic N) is 2. The summed E-state index contributed by atoms with van der Waals surface area (Å²) in [7, 11) is 0. The molecule has 1 aromatic heterocycles. The molecule has 1 aliphatic carbocycles. The van der Waals surface area contributed by atoms with Crippen molar-refractivity contribution in [1.29, 1.82) is 5.26 Å². The van der Waals surface area contributed by atoms with Crippen molar-refractivity contribution in [2.45, 2.75) is 30.7 Å². The molecular weight excluding hydrogens is 350 g/mol.